The zero-order valence-corrected chi connectivity index (χ0v) is 8.79. The molecular formula is C9H12N4S. The average molecular weight is 208 g/mol. The number of hydrogen-bond donors (Lipinski definition) is 1. The molecule has 0 aliphatic heterocycles. The Morgan fingerprint density at radius 1 is 1.50 bits per heavy atom. The number of anilines is 1. The highest BCUT2D eigenvalue weighted by Crippen LogP contribution is 2.05. The number of rotatable bonds is 4. The van der Waals surface area contributed by atoms with E-state index in [1.54, 1.807) is 10.7 Å². The molecule has 0 radical (unpaired) electrons. The van der Waals surface area contributed by atoms with Crippen LogP contribution in [0.5, 0.6) is 0 Å². The molecule has 5 heteroatoms. The number of thioether (sulfide) groups is 1. The van der Waals surface area contributed by atoms with E-state index in [0.717, 1.165) is 23.8 Å². The van der Waals surface area contributed by atoms with Crippen molar-refractivity contribution in [2.24, 2.45) is 0 Å². The Bertz CT molecular complexity index is 412. The summed E-state index contributed by atoms with van der Waals surface area (Å²) in [5.74, 6) is 1.98. The van der Waals surface area contributed by atoms with Crippen LogP contribution in [0.1, 0.15) is 0 Å². The van der Waals surface area contributed by atoms with Gasteiger partial charge in [-0.1, -0.05) is 0 Å². The van der Waals surface area contributed by atoms with Gasteiger partial charge >= 0.3 is 0 Å². The van der Waals surface area contributed by atoms with Crippen LogP contribution in [-0.4, -0.2) is 33.2 Å². The molecule has 0 aliphatic carbocycles. The minimum atomic E-state index is 0.875. The third kappa shape index (κ3) is 1.98. The third-order valence-electron chi connectivity index (χ3n) is 1.87. The van der Waals surface area contributed by atoms with Crippen LogP contribution < -0.4 is 5.32 Å². The van der Waals surface area contributed by atoms with Crippen molar-refractivity contribution in [2.45, 2.75) is 0 Å². The van der Waals surface area contributed by atoms with Crippen molar-refractivity contribution in [3.63, 3.8) is 0 Å². The first-order chi connectivity index (χ1) is 6.90. The van der Waals surface area contributed by atoms with E-state index in [1.165, 1.54) is 0 Å². The average Bonchev–Trinajstić information content (AvgIpc) is 2.65. The highest BCUT2D eigenvalue weighted by Gasteiger charge is 1.96. The molecule has 14 heavy (non-hydrogen) atoms. The van der Waals surface area contributed by atoms with Crippen LogP contribution in [0.3, 0.4) is 0 Å². The predicted molar refractivity (Wildman–Crippen MR) is 59.9 cm³/mol. The van der Waals surface area contributed by atoms with Gasteiger partial charge in [-0.05, 0) is 18.4 Å². The first-order valence-corrected chi connectivity index (χ1v) is 5.83. The number of hydrogen-bond acceptors (Lipinski definition) is 4. The van der Waals surface area contributed by atoms with Crippen LogP contribution in [0.4, 0.5) is 5.82 Å². The van der Waals surface area contributed by atoms with Gasteiger partial charge in [-0.2, -0.15) is 11.8 Å². The lowest BCUT2D eigenvalue weighted by Crippen LogP contribution is -2.06. The molecule has 2 aromatic heterocycles. The van der Waals surface area contributed by atoms with Crippen molar-refractivity contribution < 1.29 is 0 Å². The second-order valence-electron chi connectivity index (χ2n) is 2.87. The van der Waals surface area contributed by atoms with Crippen LogP contribution in [0.25, 0.3) is 5.65 Å². The molecule has 2 aromatic rings. The number of nitrogens with one attached hydrogen (secondary N) is 1. The van der Waals surface area contributed by atoms with E-state index in [1.807, 2.05) is 30.1 Å². The number of imidazole rings is 1. The number of aromatic nitrogens is 3. The lowest BCUT2D eigenvalue weighted by atomic mass is 10.5. The first-order valence-electron chi connectivity index (χ1n) is 4.43. The molecule has 2 heterocycles. The van der Waals surface area contributed by atoms with Crippen molar-refractivity contribution in [2.75, 3.05) is 23.9 Å². The fourth-order valence-corrected chi connectivity index (χ4v) is 1.50. The molecule has 4 nitrogen and oxygen atoms in total. The van der Waals surface area contributed by atoms with Crippen LogP contribution in [0.15, 0.2) is 24.5 Å². The van der Waals surface area contributed by atoms with Gasteiger partial charge in [0, 0.05) is 24.7 Å². The molecule has 1 N–H and O–H groups in total. The maximum Gasteiger partial charge on any atom is 0.153 e. The lowest BCUT2D eigenvalue weighted by Gasteiger charge is -2.03. The highest BCUT2D eigenvalue weighted by atomic mass is 32.2. The Kier molecular flexibility index (Phi) is 2.88. The van der Waals surface area contributed by atoms with Gasteiger partial charge in [-0.15, -0.1) is 5.10 Å². The molecule has 74 valence electrons. The summed E-state index contributed by atoms with van der Waals surface area (Å²) in [6.45, 7) is 0.939. The normalized spacial score (nSPS) is 10.6. The van der Waals surface area contributed by atoms with Gasteiger partial charge in [0.15, 0.2) is 5.65 Å². The standard InChI is InChI=1S/C9H12N4S/c1-14-7-5-10-8-2-3-9-11-4-6-13(9)12-8/h2-4,6H,5,7H2,1H3,(H,10,12). The largest absolute Gasteiger partial charge is 0.368 e. The molecule has 0 spiro atoms. The second kappa shape index (κ2) is 4.32. The molecule has 0 aliphatic rings. The SMILES string of the molecule is CSCCNc1ccc2nccn2n1. The fraction of sp³-hybridized carbons (Fsp3) is 0.333. The van der Waals surface area contributed by atoms with E-state index >= 15 is 0 Å². The number of nitrogens with zero attached hydrogens (tertiary/aromatic N) is 3. The van der Waals surface area contributed by atoms with Gasteiger partial charge < -0.3 is 5.32 Å². The molecule has 0 amide bonds. The van der Waals surface area contributed by atoms with E-state index in [0.29, 0.717) is 0 Å². The van der Waals surface area contributed by atoms with E-state index in [-0.39, 0.29) is 0 Å². The summed E-state index contributed by atoms with van der Waals surface area (Å²) in [5, 5.41) is 7.59. The van der Waals surface area contributed by atoms with E-state index in [2.05, 4.69) is 21.7 Å². The van der Waals surface area contributed by atoms with Gasteiger partial charge in [-0.25, -0.2) is 9.50 Å². The summed E-state index contributed by atoms with van der Waals surface area (Å²) in [6.07, 6.45) is 5.68. The van der Waals surface area contributed by atoms with Crippen molar-refractivity contribution in [1.82, 2.24) is 14.6 Å². The summed E-state index contributed by atoms with van der Waals surface area (Å²) in [6, 6.07) is 3.90. The fourth-order valence-electron chi connectivity index (χ4n) is 1.19. The third-order valence-corrected chi connectivity index (χ3v) is 2.48. The van der Waals surface area contributed by atoms with Crippen LogP contribution in [0.2, 0.25) is 0 Å². The van der Waals surface area contributed by atoms with Gasteiger partial charge in [0.1, 0.15) is 5.82 Å². The summed E-state index contributed by atoms with van der Waals surface area (Å²) in [4.78, 5) is 4.12. The molecular weight excluding hydrogens is 196 g/mol. The molecule has 0 atom stereocenters. The van der Waals surface area contributed by atoms with E-state index < -0.39 is 0 Å². The minimum absolute atomic E-state index is 0.875. The second-order valence-corrected chi connectivity index (χ2v) is 3.85. The monoisotopic (exact) mass is 208 g/mol. The molecule has 0 bridgehead atoms. The topological polar surface area (TPSA) is 42.2 Å². The van der Waals surface area contributed by atoms with Crippen LogP contribution >= 0.6 is 11.8 Å². The zero-order chi connectivity index (χ0) is 9.80. The van der Waals surface area contributed by atoms with Crippen molar-refractivity contribution in [1.29, 1.82) is 0 Å². The maximum atomic E-state index is 4.34. The molecule has 0 fully saturated rings. The van der Waals surface area contributed by atoms with Gasteiger partial charge in [0.25, 0.3) is 0 Å². The van der Waals surface area contributed by atoms with Crippen molar-refractivity contribution in [3.8, 4) is 0 Å². The van der Waals surface area contributed by atoms with Crippen LogP contribution in [0, 0.1) is 0 Å². The Balaban J connectivity index is 2.10. The zero-order valence-electron chi connectivity index (χ0n) is 7.97. The first kappa shape index (κ1) is 9.33. The quantitative estimate of drug-likeness (QED) is 0.773. The Morgan fingerprint density at radius 3 is 3.29 bits per heavy atom. The minimum Gasteiger partial charge on any atom is -0.368 e. The van der Waals surface area contributed by atoms with Crippen molar-refractivity contribution in [3.05, 3.63) is 24.5 Å². The summed E-state index contributed by atoms with van der Waals surface area (Å²) in [5.41, 5.74) is 0.875. The van der Waals surface area contributed by atoms with Gasteiger partial charge in [0.2, 0.25) is 0 Å². The maximum absolute atomic E-state index is 4.34. The van der Waals surface area contributed by atoms with E-state index in [4.69, 9.17) is 0 Å². The lowest BCUT2D eigenvalue weighted by molar-refractivity contribution is 0.931. The molecule has 0 aromatic carbocycles. The molecule has 0 unspecified atom stereocenters. The summed E-state index contributed by atoms with van der Waals surface area (Å²) < 4.78 is 1.77. The molecule has 0 saturated carbocycles. The van der Waals surface area contributed by atoms with E-state index in [9.17, 15) is 0 Å². The molecule has 0 saturated heterocycles. The smallest absolute Gasteiger partial charge is 0.153 e. The van der Waals surface area contributed by atoms with Crippen molar-refractivity contribution >= 4 is 23.2 Å². The van der Waals surface area contributed by atoms with Gasteiger partial charge in [0.05, 0.1) is 0 Å². The predicted octanol–water partition coefficient (Wildman–Crippen LogP) is 1.50. The summed E-state index contributed by atoms with van der Waals surface area (Å²) in [7, 11) is 0. The van der Waals surface area contributed by atoms with Crippen LogP contribution in [-0.2, 0) is 0 Å². The Labute approximate surface area is 86.7 Å². The summed E-state index contributed by atoms with van der Waals surface area (Å²) >= 11 is 1.82. The number of fused-ring (bicyclic) bond motifs is 1. The molecule has 2 rings (SSSR count). The highest BCUT2D eigenvalue weighted by molar-refractivity contribution is 7.98. The van der Waals surface area contributed by atoms with Gasteiger partial charge in [-0.3, -0.25) is 0 Å². The Hall–Kier alpha value is -1.23. The Morgan fingerprint density at radius 2 is 2.43 bits per heavy atom.